The maximum atomic E-state index is 12.4. The number of carbonyl (C=O) groups excluding carboxylic acids is 1. The number of aryl methyl sites for hydroxylation is 2. The van der Waals surface area contributed by atoms with E-state index in [0.717, 1.165) is 22.5 Å². The first-order valence-corrected chi connectivity index (χ1v) is 7.44. The molecule has 3 heterocycles. The summed E-state index contributed by atoms with van der Waals surface area (Å²) >= 11 is 0. The molecule has 1 amide bonds. The molecule has 1 atom stereocenters. The number of fused-ring (bicyclic) bond motifs is 1. The summed E-state index contributed by atoms with van der Waals surface area (Å²) in [4.78, 5) is 16.9. The molecule has 0 fully saturated rings. The van der Waals surface area contributed by atoms with Gasteiger partial charge in [0.2, 0.25) is 5.91 Å². The van der Waals surface area contributed by atoms with Crippen LogP contribution in [0.5, 0.6) is 0 Å². The molecule has 0 radical (unpaired) electrons. The Morgan fingerprint density at radius 1 is 1.24 bits per heavy atom. The molecule has 0 saturated heterocycles. The highest BCUT2D eigenvalue weighted by Crippen LogP contribution is 2.12. The summed E-state index contributed by atoms with van der Waals surface area (Å²) in [5.41, 5.74) is 3.69. The van der Waals surface area contributed by atoms with Crippen molar-refractivity contribution in [1.82, 2.24) is 29.8 Å². The number of rotatable bonds is 5. The second-order valence-electron chi connectivity index (χ2n) is 5.59. The van der Waals surface area contributed by atoms with E-state index >= 15 is 0 Å². The zero-order valence-corrected chi connectivity index (χ0v) is 15.9. The van der Waals surface area contributed by atoms with E-state index in [-0.39, 0.29) is 30.7 Å². The lowest BCUT2D eigenvalue weighted by Gasteiger charge is -2.13. The molecule has 0 saturated carbocycles. The molecule has 0 aromatic carbocycles. The normalized spacial score (nSPS) is 11.5. The minimum Gasteiger partial charge on any atom is -0.349 e. The third kappa shape index (κ3) is 4.72. The van der Waals surface area contributed by atoms with Crippen LogP contribution in [0.4, 0.5) is 0 Å². The van der Waals surface area contributed by atoms with Crippen LogP contribution >= 0.6 is 24.8 Å². The molecule has 3 aromatic rings. The van der Waals surface area contributed by atoms with Gasteiger partial charge in [0.25, 0.3) is 0 Å². The molecule has 3 rings (SSSR count). The van der Waals surface area contributed by atoms with Crippen molar-refractivity contribution >= 4 is 36.4 Å². The van der Waals surface area contributed by atoms with Gasteiger partial charge < -0.3 is 15.0 Å². The zero-order chi connectivity index (χ0) is 16.4. The highest BCUT2D eigenvalue weighted by atomic mass is 35.5. The number of amides is 1. The summed E-state index contributed by atoms with van der Waals surface area (Å²) in [6.07, 6.45) is 7.46. The van der Waals surface area contributed by atoms with Gasteiger partial charge in [-0.15, -0.1) is 24.8 Å². The van der Waals surface area contributed by atoms with Crippen molar-refractivity contribution in [2.45, 2.75) is 19.5 Å². The van der Waals surface area contributed by atoms with E-state index in [1.807, 2.05) is 49.1 Å². The summed E-state index contributed by atoms with van der Waals surface area (Å²) in [5.74, 6) is -0.103. The van der Waals surface area contributed by atoms with Crippen LogP contribution in [-0.2, 0) is 18.4 Å². The molecule has 9 heteroatoms. The average molecular weight is 385 g/mol. The first-order valence-electron chi connectivity index (χ1n) is 7.44. The molecule has 0 aliphatic heterocycles. The lowest BCUT2D eigenvalue weighted by molar-refractivity contribution is -0.123. The smallest absolute Gasteiger partial charge is 0.242 e. The van der Waals surface area contributed by atoms with Gasteiger partial charge in [-0.25, -0.2) is 4.98 Å². The van der Waals surface area contributed by atoms with Gasteiger partial charge in [0.15, 0.2) is 0 Å². The maximum absolute atomic E-state index is 12.4. The molecule has 3 aromatic heterocycles. The van der Waals surface area contributed by atoms with E-state index < -0.39 is 6.04 Å². The molecule has 0 bridgehead atoms. The van der Waals surface area contributed by atoms with Crippen LogP contribution in [0.3, 0.4) is 0 Å². The molecule has 1 unspecified atom stereocenters. The fourth-order valence-corrected chi connectivity index (χ4v) is 2.56. The Morgan fingerprint density at radius 3 is 2.64 bits per heavy atom. The number of nitrogens with zero attached hydrogens (tertiary/aromatic N) is 4. The monoisotopic (exact) mass is 384 g/mol. The Kier molecular flexibility index (Phi) is 7.41. The van der Waals surface area contributed by atoms with Crippen LogP contribution in [0.2, 0.25) is 0 Å². The van der Waals surface area contributed by atoms with Crippen molar-refractivity contribution < 1.29 is 4.79 Å². The van der Waals surface area contributed by atoms with Crippen LogP contribution in [0.15, 0.2) is 36.9 Å². The third-order valence-electron chi connectivity index (χ3n) is 3.70. The van der Waals surface area contributed by atoms with Gasteiger partial charge in [0.05, 0.1) is 18.4 Å². The molecular weight excluding hydrogens is 363 g/mol. The number of carbonyl (C=O) groups is 1. The van der Waals surface area contributed by atoms with Crippen molar-refractivity contribution in [2.24, 2.45) is 7.05 Å². The molecule has 0 aliphatic rings. The van der Waals surface area contributed by atoms with Gasteiger partial charge in [-0.3, -0.25) is 9.48 Å². The Labute approximate surface area is 158 Å². The molecule has 136 valence electrons. The second kappa shape index (κ2) is 8.84. The van der Waals surface area contributed by atoms with E-state index in [1.54, 1.807) is 17.9 Å². The average Bonchev–Trinajstić information content (AvgIpc) is 3.11. The fraction of sp³-hybridized carbons (Fsp3) is 0.312. The fourth-order valence-electron chi connectivity index (χ4n) is 2.56. The number of aromatic nitrogens is 4. The van der Waals surface area contributed by atoms with Crippen LogP contribution in [-0.4, -0.2) is 32.1 Å². The van der Waals surface area contributed by atoms with Gasteiger partial charge >= 0.3 is 0 Å². The number of hydrogen-bond donors (Lipinski definition) is 2. The van der Waals surface area contributed by atoms with E-state index in [0.29, 0.717) is 6.54 Å². The predicted octanol–water partition coefficient (Wildman–Crippen LogP) is 1.80. The lowest BCUT2D eigenvalue weighted by Crippen LogP contribution is -2.35. The maximum Gasteiger partial charge on any atom is 0.242 e. The van der Waals surface area contributed by atoms with E-state index in [9.17, 15) is 4.79 Å². The third-order valence-corrected chi connectivity index (χ3v) is 3.70. The number of imidazole rings is 1. The number of halogens is 2. The molecule has 0 aliphatic carbocycles. The quantitative estimate of drug-likeness (QED) is 0.702. The molecule has 7 nitrogen and oxygen atoms in total. The number of likely N-dealkylation sites (N-methyl/N-ethyl adjacent to an activating group) is 1. The predicted molar refractivity (Wildman–Crippen MR) is 101 cm³/mol. The van der Waals surface area contributed by atoms with Gasteiger partial charge in [0.1, 0.15) is 11.7 Å². The van der Waals surface area contributed by atoms with Gasteiger partial charge in [-0.2, -0.15) is 5.10 Å². The van der Waals surface area contributed by atoms with Crippen molar-refractivity contribution in [1.29, 1.82) is 0 Å². The minimum atomic E-state index is -0.428. The Bertz CT molecular complexity index is 844. The first kappa shape index (κ1) is 21.0. The van der Waals surface area contributed by atoms with Crippen molar-refractivity contribution in [3.8, 4) is 0 Å². The first-order chi connectivity index (χ1) is 11.1. The van der Waals surface area contributed by atoms with Gasteiger partial charge in [-0.1, -0.05) is 6.07 Å². The lowest BCUT2D eigenvalue weighted by atomic mass is 10.1. The van der Waals surface area contributed by atoms with Crippen LogP contribution in [0, 0.1) is 6.92 Å². The van der Waals surface area contributed by atoms with Crippen LogP contribution in [0.25, 0.3) is 5.65 Å². The van der Waals surface area contributed by atoms with Crippen LogP contribution in [0.1, 0.15) is 22.9 Å². The van der Waals surface area contributed by atoms with Crippen molar-refractivity contribution in [3.05, 3.63) is 53.7 Å². The Hall–Kier alpha value is -2.09. The van der Waals surface area contributed by atoms with Gasteiger partial charge in [-0.05, 0) is 25.6 Å². The van der Waals surface area contributed by atoms with E-state index in [4.69, 9.17) is 0 Å². The standard InChI is InChI=1S/C16H20N6O.2ClH/c1-11-4-5-14-20-13(10-22(14)8-11)7-18-16(23)15(17-2)12-6-19-21(3)9-12;;/h4-6,8-10,15,17H,7H2,1-3H3,(H,18,23);2*1H. The molecule has 0 spiro atoms. The highest BCUT2D eigenvalue weighted by Gasteiger charge is 2.20. The van der Waals surface area contributed by atoms with Crippen molar-refractivity contribution in [3.63, 3.8) is 0 Å². The topological polar surface area (TPSA) is 76.2 Å². The van der Waals surface area contributed by atoms with E-state index in [1.165, 1.54) is 0 Å². The molecular formula is C16H22Cl2N6O. The second-order valence-corrected chi connectivity index (χ2v) is 5.59. The summed E-state index contributed by atoms with van der Waals surface area (Å²) in [6, 6.07) is 3.56. The Balaban J connectivity index is 0.00000156. The Morgan fingerprint density at radius 2 is 2.00 bits per heavy atom. The summed E-state index contributed by atoms with van der Waals surface area (Å²) in [6.45, 7) is 2.42. The zero-order valence-electron chi connectivity index (χ0n) is 14.3. The van der Waals surface area contributed by atoms with E-state index in [2.05, 4.69) is 20.7 Å². The molecule has 25 heavy (non-hydrogen) atoms. The number of nitrogens with one attached hydrogen (secondary N) is 2. The van der Waals surface area contributed by atoms with Gasteiger partial charge in [0, 0.05) is 31.2 Å². The summed E-state index contributed by atoms with van der Waals surface area (Å²) in [7, 11) is 3.58. The van der Waals surface area contributed by atoms with Crippen molar-refractivity contribution in [2.75, 3.05) is 7.05 Å². The number of hydrogen-bond acceptors (Lipinski definition) is 4. The minimum absolute atomic E-state index is 0. The van der Waals surface area contributed by atoms with Crippen LogP contribution < -0.4 is 10.6 Å². The highest BCUT2D eigenvalue weighted by molar-refractivity contribution is 5.85. The largest absolute Gasteiger partial charge is 0.349 e. The SMILES string of the molecule is CNC(C(=O)NCc1cn2cc(C)ccc2n1)c1cnn(C)c1.Cl.Cl. The molecule has 2 N–H and O–H groups in total. The number of pyridine rings is 1. The summed E-state index contributed by atoms with van der Waals surface area (Å²) in [5, 5.41) is 10.0. The summed E-state index contributed by atoms with van der Waals surface area (Å²) < 4.78 is 3.64.